The van der Waals surface area contributed by atoms with Gasteiger partial charge in [0.05, 0.1) is 13.7 Å². The molecule has 1 fully saturated rings. The molecule has 0 radical (unpaired) electrons. The van der Waals surface area contributed by atoms with Crippen LogP contribution in [0.4, 0.5) is 8.78 Å². The van der Waals surface area contributed by atoms with Gasteiger partial charge >= 0.3 is 0 Å². The lowest BCUT2D eigenvalue weighted by molar-refractivity contribution is -0.118. The average molecular weight is 535 g/mol. The van der Waals surface area contributed by atoms with Crippen LogP contribution in [0.1, 0.15) is 56.2 Å². The average Bonchev–Trinajstić information content (AvgIpc) is 3.36. The summed E-state index contributed by atoms with van der Waals surface area (Å²) in [6, 6.07) is 10.9. The maximum Gasteiger partial charge on any atom is 0.260 e. The molecule has 10 heteroatoms. The molecule has 4 rings (SSSR count). The Labute approximate surface area is 224 Å². The fraction of sp³-hybridized carbons (Fsp3) is 0.429. The molecule has 8 nitrogen and oxygen atoms in total. The number of alkyl halides is 2. The molecule has 2 aromatic carbocycles. The SMILES string of the molecule is CCC(F)(F)CN1CCN(Cc2c(OC)cc(C)c3[nH]ccc23)[C@H](c2ccc(C(=O)NC(C)=O)cc2)C1.O.[HH].[HH]. The van der Waals surface area contributed by atoms with Gasteiger partial charge in [-0.1, -0.05) is 19.1 Å². The summed E-state index contributed by atoms with van der Waals surface area (Å²) in [5, 5.41) is 3.35. The Hall–Kier alpha value is -3.34. The first-order valence-corrected chi connectivity index (χ1v) is 12.5. The summed E-state index contributed by atoms with van der Waals surface area (Å²) in [6.07, 6.45) is 1.71. The van der Waals surface area contributed by atoms with Crippen molar-refractivity contribution in [2.75, 3.05) is 33.3 Å². The molecule has 2 heterocycles. The molecule has 4 N–H and O–H groups in total. The van der Waals surface area contributed by atoms with Gasteiger partial charge < -0.3 is 15.2 Å². The first kappa shape index (κ1) is 29.2. The molecule has 1 saturated heterocycles. The number of methoxy groups -OCH3 is 1. The number of hydrogen-bond acceptors (Lipinski definition) is 5. The highest BCUT2D eigenvalue weighted by Gasteiger charge is 2.35. The summed E-state index contributed by atoms with van der Waals surface area (Å²) in [4.78, 5) is 30.9. The van der Waals surface area contributed by atoms with E-state index in [0.29, 0.717) is 31.7 Å². The van der Waals surface area contributed by atoms with Crippen LogP contribution in [0.2, 0.25) is 0 Å². The van der Waals surface area contributed by atoms with Crippen molar-refractivity contribution in [1.29, 1.82) is 0 Å². The lowest BCUT2D eigenvalue weighted by atomic mass is 9.98. The highest BCUT2D eigenvalue weighted by atomic mass is 19.3. The fourth-order valence-corrected chi connectivity index (χ4v) is 5.04. The number of piperazine rings is 1. The predicted molar refractivity (Wildman–Crippen MR) is 147 cm³/mol. The Morgan fingerprint density at radius 3 is 2.55 bits per heavy atom. The van der Waals surface area contributed by atoms with E-state index in [1.165, 1.54) is 13.8 Å². The Balaban J connectivity index is 0.00000267. The van der Waals surface area contributed by atoms with E-state index in [-0.39, 0.29) is 27.3 Å². The van der Waals surface area contributed by atoms with Gasteiger partial charge in [0, 0.05) is 76.6 Å². The molecule has 0 saturated carbocycles. The molecular weight excluding hydrogens is 494 g/mol. The Bertz CT molecular complexity index is 1290. The molecule has 0 unspecified atom stereocenters. The predicted octanol–water partition coefficient (Wildman–Crippen LogP) is 4.33. The van der Waals surface area contributed by atoms with Crippen LogP contribution in [0.3, 0.4) is 0 Å². The largest absolute Gasteiger partial charge is 0.496 e. The Morgan fingerprint density at radius 1 is 1.21 bits per heavy atom. The molecule has 3 aromatic rings. The number of aromatic nitrogens is 1. The van der Waals surface area contributed by atoms with Crippen molar-refractivity contribution >= 4 is 22.7 Å². The quantitative estimate of drug-likeness (QED) is 0.447. The topological polar surface area (TPSA) is 109 Å². The number of nitrogens with zero attached hydrogens (tertiary/aromatic N) is 2. The minimum Gasteiger partial charge on any atom is -0.496 e. The van der Waals surface area contributed by atoms with Gasteiger partial charge in [0.15, 0.2) is 0 Å². The molecule has 0 bridgehead atoms. The van der Waals surface area contributed by atoms with Gasteiger partial charge in [-0.25, -0.2) is 8.78 Å². The van der Waals surface area contributed by atoms with E-state index in [4.69, 9.17) is 4.74 Å². The van der Waals surface area contributed by atoms with Gasteiger partial charge in [-0.3, -0.25) is 24.7 Å². The smallest absolute Gasteiger partial charge is 0.260 e. The number of amides is 2. The number of ether oxygens (including phenoxy) is 1. The summed E-state index contributed by atoms with van der Waals surface area (Å²) in [5.74, 6) is -2.86. The summed E-state index contributed by atoms with van der Waals surface area (Å²) < 4.78 is 34.3. The number of H-pyrrole nitrogens is 1. The van der Waals surface area contributed by atoms with E-state index in [0.717, 1.165) is 33.3 Å². The number of fused-ring (bicyclic) bond motifs is 1. The molecule has 1 aromatic heterocycles. The third kappa shape index (κ3) is 6.38. The summed E-state index contributed by atoms with van der Waals surface area (Å²) in [7, 11) is 1.66. The second-order valence-corrected chi connectivity index (χ2v) is 9.70. The Morgan fingerprint density at radius 2 is 1.92 bits per heavy atom. The highest BCUT2D eigenvalue weighted by Crippen LogP contribution is 2.35. The number of carbonyl (C=O) groups excluding carboxylic acids is 2. The van der Waals surface area contributed by atoms with Crippen molar-refractivity contribution in [3.05, 3.63) is 64.8 Å². The lowest BCUT2D eigenvalue weighted by Gasteiger charge is -2.43. The molecule has 0 spiro atoms. The lowest BCUT2D eigenvalue weighted by Crippen LogP contribution is -2.51. The standard InChI is InChI=1S/C28H34F2N4O3.H2O.2H2/c1-5-28(29,30)17-33-12-13-34(15-23-22-10-11-31-26(22)18(2)14-25(23)37-4)24(16-33)20-6-8-21(9-7-20)27(36)32-19(3)35;;;/h6-11,14,24,31H,5,12-13,15-17H2,1-4H3,(H,32,35,36);1H2;2*1H/t24-;;;/m0.../s1. The van der Waals surface area contributed by atoms with Crippen molar-refractivity contribution in [3.63, 3.8) is 0 Å². The summed E-state index contributed by atoms with van der Waals surface area (Å²) in [5.41, 5.74) is 4.46. The number of aromatic amines is 1. The van der Waals surface area contributed by atoms with E-state index >= 15 is 0 Å². The Kier molecular flexibility index (Phi) is 9.24. The maximum atomic E-state index is 14.3. The third-order valence-corrected chi connectivity index (χ3v) is 7.09. The minimum atomic E-state index is -2.75. The summed E-state index contributed by atoms with van der Waals surface area (Å²) >= 11 is 0. The summed E-state index contributed by atoms with van der Waals surface area (Å²) in [6.45, 7) is 6.66. The first-order chi connectivity index (χ1) is 17.6. The van der Waals surface area contributed by atoms with E-state index in [1.807, 2.05) is 42.3 Å². The van der Waals surface area contributed by atoms with Crippen molar-refractivity contribution in [2.45, 2.75) is 45.7 Å². The number of aryl methyl sites for hydroxylation is 1. The van der Waals surface area contributed by atoms with E-state index < -0.39 is 17.7 Å². The molecule has 1 atom stereocenters. The van der Waals surface area contributed by atoms with Crippen LogP contribution in [-0.4, -0.2) is 71.3 Å². The maximum absolute atomic E-state index is 14.3. The number of halogens is 2. The van der Waals surface area contributed by atoms with Gasteiger partial charge in [-0.15, -0.1) is 0 Å². The van der Waals surface area contributed by atoms with E-state index in [1.54, 1.807) is 19.2 Å². The zero-order valence-corrected chi connectivity index (χ0v) is 22.2. The molecule has 1 aliphatic heterocycles. The van der Waals surface area contributed by atoms with Gasteiger partial charge in [-0.2, -0.15) is 0 Å². The highest BCUT2D eigenvalue weighted by molar-refractivity contribution is 6.04. The second-order valence-electron chi connectivity index (χ2n) is 9.70. The first-order valence-electron chi connectivity index (χ1n) is 12.5. The molecule has 2 amide bonds. The number of nitrogens with one attached hydrogen (secondary N) is 2. The molecule has 0 aliphatic carbocycles. The zero-order valence-electron chi connectivity index (χ0n) is 22.2. The van der Waals surface area contributed by atoms with Gasteiger partial charge in [0.1, 0.15) is 5.75 Å². The zero-order chi connectivity index (χ0) is 26.7. The molecular formula is C28H40F2N4O4. The monoisotopic (exact) mass is 534 g/mol. The normalized spacial score (nSPS) is 16.7. The molecule has 1 aliphatic rings. The number of carbonyl (C=O) groups is 2. The number of benzene rings is 2. The van der Waals surface area contributed by atoms with Crippen LogP contribution in [0.5, 0.6) is 5.75 Å². The van der Waals surface area contributed by atoms with Gasteiger partial charge in [0.2, 0.25) is 5.91 Å². The minimum absolute atomic E-state index is 0. The van der Waals surface area contributed by atoms with Gasteiger partial charge in [0.25, 0.3) is 11.8 Å². The number of rotatable bonds is 8. The van der Waals surface area contributed by atoms with Crippen molar-refractivity contribution in [3.8, 4) is 5.75 Å². The third-order valence-electron chi connectivity index (χ3n) is 7.09. The van der Waals surface area contributed by atoms with Crippen molar-refractivity contribution in [1.82, 2.24) is 20.1 Å². The van der Waals surface area contributed by atoms with Crippen LogP contribution < -0.4 is 10.1 Å². The van der Waals surface area contributed by atoms with E-state index in [2.05, 4.69) is 15.2 Å². The van der Waals surface area contributed by atoms with Crippen LogP contribution in [0.25, 0.3) is 10.9 Å². The van der Waals surface area contributed by atoms with Crippen LogP contribution >= 0.6 is 0 Å². The van der Waals surface area contributed by atoms with Gasteiger partial charge in [-0.05, 0) is 42.3 Å². The number of imide groups is 1. The van der Waals surface area contributed by atoms with E-state index in [9.17, 15) is 18.4 Å². The molecule has 210 valence electrons. The van der Waals surface area contributed by atoms with Crippen LogP contribution in [-0.2, 0) is 11.3 Å². The second kappa shape index (κ2) is 12.0. The van der Waals surface area contributed by atoms with Crippen LogP contribution in [0, 0.1) is 6.92 Å². The van der Waals surface area contributed by atoms with Crippen molar-refractivity contribution in [2.24, 2.45) is 0 Å². The van der Waals surface area contributed by atoms with Crippen molar-refractivity contribution < 1.29 is 31.4 Å². The number of hydrogen-bond donors (Lipinski definition) is 2. The van der Waals surface area contributed by atoms with Crippen LogP contribution in [0.15, 0.2) is 42.6 Å². The molecule has 38 heavy (non-hydrogen) atoms. The fourth-order valence-electron chi connectivity index (χ4n) is 5.04.